The fourth-order valence-corrected chi connectivity index (χ4v) is 7.81. The van der Waals surface area contributed by atoms with E-state index in [1.54, 1.807) is 18.2 Å². The van der Waals surface area contributed by atoms with Crippen molar-refractivity contribution < 1.29 is 27.0 Å². The summed E-state index contributed by atoms with van der Waals surface area (Å²) < 4.78 is 44.4. The number of amides is 2. The van der Waals surface area contributed by atoms with Gasteiger partial charge in [-0.1, -0.05) is 58.0 Å². The summed E-state index contributed by atoms with van der Waals surface area (Å²) in [6, 6.07) is 21.2. The van der Waals surface area contributed by atoms with E-state index >= 15 is 0 Å². The maximum absolute atomic E-state index is 12.7. The molecule has 0 saturated carbocycles. The number of aryl methyl sites for hydroxylation is 4. The number of nitrogens with zero attached hydrogens (tertiary/aromatic N) is 1. The second-order valence-corrected chi connectivity index (χ2v) is 16.4. The lowest BCUT2D eigenvalue weighted by atomic mass is 9.93. The van der Waals surface area contributed by atoms with Crippen LogP contribution in [-0.4, -0.2) is 24.8 Å². The van der Waals surface area contributed by atoms with Gasteiger partial charge in [0.1, 0.15) is 21.5 Å². The lowest BCUT2D eigenvalue weighted by Gasteiger charge is -2.21. The molecule has 0 radical (unpaired) electrons. The average molecular weight is 772 g/mol. The third kappa shape index (κ3) is 7.82. The molecule has 2 amide bonds. The van der Waals surface area contributed by atoms with E-state index in [0.29, 0.717) is 44.6 Å². The van der Waals surface area contributed by atoms with Gasteiger partial charge in [0.25, 0.3) is 0 Å². The van der Waals surface area contributed by atoms with Crippen LogP contribution < -0.4 is 21.3 Å². The van der Waals surface area contributed by atoms with Gasteiger partial charge in [-0.3, -0.25) is 9.59 Å². The minimum Gasteiger partial charge on any atom is -0.744 e. The Hall–Kier alpha value is -5.78. The van der Waals surface area contributed by atoms with Crippen molar-refractivity contribution in [1.82, 2.24) is 0 Å². The minimum atomic E-state index is -4.85. The summed E-state index contributed by atoms with van der Waals surface area (Å²) in [5, 5.41) is 10.8. The fourth-order valence-electron chi connectivity index (χ4n) is 7.13. The Bertz CT molecular complexity index is 2710. The van der Waals surface area contributed by atoms with Crippen LogP contribution in [0.25, 0.3) is 33.4 Å². The molecule has 0 bridgehead atoms. The van der Waals surface area contributed by atoms with Crippen LogP contribution in [0.1, 0.15) is 61.1 Å². The smallest absolute Gasteiger partial charge is 0.226 e. The van der Waals surface area contributed by atoms with Crippen LogP contribution in [0.3, 0.4) is 0 Å². The van der Waals surface area contributed by atoms with Crippen LogP contribution in [0, 0.1) is 53.4 Å². The molecule has 11 heteroatoms. The Morgan fingerprint density at radius 1 is 0.679 bits per heavy atom. The Balaban J connectivity index is 1.57. The normalized spacial score (nSPS) is 12.2. The van der Waals surface area contributed by atoms with Crippen molar-refractivity contribution in [3.63, 3.8) is 0 Å². The lowest BCUT2D eigenvalue weighted by Crippen LogP contribution is -2.19. The van der Waals surface area contributed by atoms with Gasteiger partial charge in [0.05, 0.1) is 15.9 Å². The molecule has 0 saturated heterocycles. The third-order valence-electron chi connectivity index (χ3n) is 10.1. The highest BCUT2D eigenvalue weighted by atomic mass is 32.2. The maximum Gasteiger partial charge on any atom is 0.226 e. The summed E-state index contributed by atoms with van der Waals surface area (Å²) in [5.41, 5.74) is 11.0. The van der Waals surface area contributed by atoms with Crippen LogP contribution in [0.2, 0.25) is 0 Å². The second kappa shape index (κ2) is 15.4. The molecule has 1 aliphatic carbocycles. The molecule has 6 rings (SSSR count). The van der Waals surface area contributed by atoms with Crippen molar-refractivity contribution in [1.29, 1.82) is 0 Å². The predicted molar refractivity (Wildman–Crippen MR) is 223 cm³/mol. The van der Waals surface area contributed by atoms with Gasteiger partial charge in [-0.05, 0) is 105 Å². The van der Waals surface area contributed by atoms with E-state index in [9.17, 15) is 22.6 Å². The van der Waals surface area contributed by atoms with E-state index in [4.69, 9.17) is 9.41 Å². The van der Waals surface area contributed by atoms with Gasteiger partial charge in [0.2, 0.25) is 11.8 Å². The number of hydrogen-bond acceptors (Lipinski definition) is 8. The molecule has 4 aromatic rings. The molecule has 56 heavy (non-hydrogen) atoms. The molecular formula is C45H47N4O6S-. The first-order valence-electron chi connectivity index (χ1n) is 18.6. The lowest BCUT2D eigenvalue weighted by molar-refractivity contribution is -0.119. The predicted octanol–water partition coefficient (Wildman–Crippen LogP) is 10.1. The number of fused-ring (bicyclic) bond motifs is 2. The quantitative estimate of drug-likeness (QED) is 0.0977. The molecule has 0 fully saturated rings. The molecule has 0 aromatic heterocycles. The Morgan fingerprint density at radius 3 is 1.89 bits per heavy atom. The molecule has 1 heterocycles. The molecule has 2 aliphatic rings. The van der Waals surface area contributed by atoms with Gasteiger partial charge in [0.15, 0.2) is 0 Å². The highest BCUT2D eigenvalue weighted by Gasteiger charge is 2.23. The van der Waals surface area contributed by atoms with Crippen molar-refractivity contribution in [3.05, 3.63) is 112 Å². The van der Waals surface area contributed by atoms with Gasteiger partial charge in [-0.2, -0.15) is 0 Å². The zero-order chi connectivity index (χ0) is 40.8. The third-order valence-corrected chi connectivity index (χ3v) is 11.0. The van der Waals surface area contributed by atoms with Crippen molar-refractivity contribution >= 4 is 61.3 Å². The number of carbonyl (C=O) groups excluding carboxylic acids is 2. The second-order valence-electron chi connectivity index (χ2n) is 15.1. The zero-order valence-electron chi connectivity index (χ0n) is 33.4. The number of rotatable bonds is 9. The average Bonchev–Trinajstić information content (AvgIpc) is 3.13. The van der Waals surface area contributed by atoms with Gasteiger partial charge in [-0.25, -0.2) is 13.4 Å². The summed E-state index contributed by atoms with van der Waals surface area (Å²) in [4.78, 5) is 30.0. The SMILES string of the molecule is Cc1cc(C)c(NC(=O)C(C)C)c(C)c1N=c1ccc2c(-c3ccccc3S(=O)(=O)[O-])c3ccc(Nc4c(C)cc(C)c(NC(=O)C(C)C)c4C)cc3oc-2c1. The molecular weight excluding hydrogens is 725 g/mol. The van der Waals surface area contributed by atoms with Crippen molar-refractivity contribution in [2.45, 2.75) is 74.1 Å². The highest BCUT2D eigenvalue weighted by Crippen LogP contribution is 2.43. The Kier molecular flexibility index (Phi) is 11.0. The standard InChI is InChI=1S/C45H48N4O6S/c1-23(2)44(50)48-42-27(7)19-25(5)40(29(42)9)46-31-15-17-33-36(21-31)55-37-22-32(16-18-34(37)39(33)35-13-11-12-14-38(35)56(52,53)54)47-41-26(6)20-28(8)43(30(41)10)49-45(51)24(3)4/h11-24,46H,1-10H3,(H,48,50)(H,49,51)(H,52,53,54)/p-1. The Morgan fingerprint density at radius 2 is 1.27 bits per heavy atom. The number of carbonyl (C=O) groups is 2. The van der Waals surface area contributed by atoms with Crippen molar-refractivity contribution in [2.75, 3.05) is 16.0 Å². The zero-order valence-corrected chi connectivity index (χ0v) is 34.2. The van der Waals surface area contributed by atoms with Crippen molar-refractivity contribution in [2.24, 2.45) is 16.8 Å². The van der Waals surface area contributed by atoms with Crippen LogP contribution in [0.4, 0.5) is 28.4 Å². The van der Waals surface area contributed by atoms with Crippen LogP contribution in [0.5, 0.6) is 0 Å². The van der Waals surface area contributed by atoms with Gasteiger partial charge in [0, 0.05) is 68.8 Å². The van der Waals surface area contributed by atoms with Gasteiger partial charge >= 0.3 is 0 Å². The fraction of sp³-hybridized carbons (Fsp3) is 0.267. The molecule has 0 unspecified atom stereocenters. The summed E-state index contributed by atoms with van der Waals surface area (Å²) in [5.74, 6) is -0.130. The largest absolute Gasteiger partial charge is 0.744 e. The molecule has 10 nitrogen and oxygen atoms in total. The number of anilines is 4. The van der Waals surface area contributed by atoms with Crippen LogP contribution in [0.15, 0.2) is 87.1 Å². The summed E-state index contributed by atoms with van der Waals surface area (Å²) in [6.45, 7) is 19.2. The first-order chi connectivity index (χ1) is 26.3. The number of hydrogen-bond donors (Lipinski definition) is 3. The Labute approximate surface area is 328 Å². The summed E-state index contributed by atoms with van der Waals surface area (Å²) in [7, 11) is -4.85. The van der Waals surface area contributed by atoms with E-state index in [1.165, 1.54) is 12.1 Å². The molecule has 0 atom stereocenters. The minimum absolute atomic E-state index is 0.0765. The van der Waals surface area contributed by atoms with E-state index in [0.717, 1.165) is 50.4 Å². The first-order valence-corrected chi connectivity index (χ1v) is 20.0. The summed E-state index contributed by atoms with van der Waals surface area (Å²) >= 11 is 0. The molecule has 290 valence electrons. The monoisotopic (exact) mass is 771 g/mol. The summed E-state index contributed by atoms with van der Waals surface area (Å²) in [6.07, 6.45) is 0. The topological polar surface area (TPSA) is 153 Å². The van der Waals surface area contributed by atoms with Crippen LogP contribution >= 0.6 is 0 Å². The van der Waals surface area contributed by atoms with E-state index in [-0.39, 0.29) is 34.1 Å². The molecule has 4 aromatic carbocycles. The van der Waals surface area contributed by atoms with E-state index in [2.05, 4.69) is 16.0 Å². The first kappa shape index (κ1) is 39.9. The number of benzene rings is 5. The van der Waals surface area contributed by atoms with Gasteiger partial charge in [-0.15, -0.1) is 0 Å². The molecule has 3 N–H and O–H groups in total. The van der Waals surface area contributed by atoms with Crippen molar-refractivity contribution in [3.8, 4) is 22.5 Å². The van der Waals surface area contributed by atoms with Gasteiger partial charge < -0.3 is 24.9 Å². The molecule has 1 aliphatic heterocycles. The van der Waals surface area contributed by atoms with E-state index < -0.39 is 10.1 Å². The molecule has 0 spiro atoms. The van der Waals surface area contributed by atoms with Crippen LogP contribution in [-0.2, 0) is 19.7 Å². The van der Waals surface area contributed by atoms with E-state index in [1.807, 2.05) is 112 Å². The maximum atomic E-state index is 12.7. The highest BCUT2D eigenvalue weighted by molar-refractivity contribution is 7.85. The number of nitrogens with one attached hydrogen (secondary N) is 3.